The summed E-state index contributed by atoms with van der Waals surface area (Å²) in [6, 6.07) is -0.418. The highest BCUT2D eigenvalue weighted by molar-refractivity contribution is 5.81. The standard InChI is InChI=1S/C9H13NO3/c11-6-1-2-7-5(3-6)4-10-8(7)9(12)13/h5,7-8,10H,1-4H2,(H,12,13)/t5-,7-,8-/m1/s1. The third-order valence-corrected chi connectivity index (χ3v) is 3.15. The molecule has 0 aromatic carbocycles. The van der Waals surface area contributed by atoms with Gasteiger partial charge in [0, 0.05) is 12.8 Å². The van der Waals surface area contributed by atoms with Crippen LogP contribution in [0.1, 0.15) is 19.3 Å². The molecule has 0 bridgehead atoms. The summed E-state index contributed by atoms with van der Waals surface area (Å²) in [5.74, 6) is -0.0477. The summed E-state index contributed by atoms with van der Waals surface area (Å²) in [6.45, 7) is 0.688. The van der Waals surface area contributed by atoms with E-state index in [0.717, 1.165) is 6.42 Å². The van der Waals surface area contributed by atoms with E-state index in [0.29, 0.717) is 19.4 Å². The van der Waals surface area contributed by atoms with Gasteiger partial charge in [0.25, 0.3) is 0 Å². The van der Waals surface area contributed by atoms with Gasteiger partial charge in [-0.05, 0) is 24.8 Å². The first-order chi connectivity index (χ1) is 6.18. The molecule has 1 aliphatic heterocycles. The molecule has 0 aromatic heterocycles. The SMILES string of the molecule is O=C1CC[C@@H]2[C@@H](CN[C@H]2C(=O)O)C1. The molecule has 13 heavy (non-hydrogen) atoms. The van der Waals surface area contributed by atoms with E-state index < -0.39 is 12.0 Å². The van der Waals surface area contributed by atoms with Gasteiger partial charge in [0.2, 0.25) is 0 Å². The molecular weight excluding hydrogens is 170 g/mol. The quantitative estimate of drug-likeness (QED) is 0.601. The molecule has 72 valence electrons. The lowest BCUT2D eigenvalue weighted by Gasteiger charge is -2.25. The van der Waals surface area contributed by atoms with Crippen molar-refractivity contribution in [2.45, 2.75) is 25.3 Å². The number of Topliss-reactive ketones (excluding diaryl/α,β-unsaturated/α-hetero) is 1. The highest BCUT2D eigenvalue weighted by atomic mass is 16.4. The van der Waals surface area contributed by atoms with Crippen LogP contribution >= 0.6 is 0 Å². The summed E-state index contributed by atoms with van der Waals surface area (Å²) in [5.41, 5.74) is 0. The third-order valence-electron chi connectivity index (χ3n) is 3.15. The zero-order valence-electron chi connectivity index (χ0n) is 7.32. The molecule has 1 heterocycles. The first kappa shape index (κ1) is 8.69. The fraction of sp³-hybridized carbons (Fsp3) is 0.778. The van der Waals surface area contributed by atoms with Gasteiger partial charge in [0.15, 0.2) is 0 Å². The Bertz CT molecular complexity index is 251. The van der Waals surface area contributed by atoms with Crippen molar-refractivity contribution in [2.75, 3.05) is 6.54 Å². The molecule has 2 aliphatic rings. The number of hydrogen-bond donors (Lipinski definition) is 2. The van der Waals surface area contributed by atoms with Crippen molar-refractivity contribution < 1.29 is 14.7 Å². The molecule has 0 amide bonds. The molecule has 1 aliphatic carbocycles. The van der Waals surface area contributed by atoms with Gasteiger partial charge < -0.3 is 10.4 Å². The van der Waals surface area contributed by atoms with Crippen LogP contribution in [0.3, 0.4) is 0 Å². The monoisotopic (exact) mass is 183 g/mol. The molecule has 0 unspecified atom stereocenters. The Hall–Kier alpha value is -0.900. The minimum atomic E-state index is -0.776. The maximum atomic E-state index is 11.1. The summed E-state index contributed by atoms with van der Waals surface area (Å²) >= 11 is 0. The van der Waals surface area contributed by atoms with Gasteiger partial charge in [-0.3, -0.25) is 9.59 Å². The molecule has 0 radical (unpaired) electrons. The summed E-state index contributed by atoms with van der Waals surface area (Å²) in [4.78, 5) is 21.9. The van der Waals surface area contributed by atoms with E-state index in [1.165, 1.54) is 0 Å². The normalized spacial score (nSPS) is 38.8. The van der Waals surface area contributed by atoms with Gasteiger partial charge in [-0.1, -0.05) is 0 Å². The minimum absolute atomic E-state index is 0.176. The number of carboxylic acid groups (broad SMARTS) is 1. The van der Waals surface area contributed by atoms with Crippen molar-refractivity contribution in [3.05, 3.63) is 0 Å². The Labute approximate surface area is 76.3 Å². The lowest BCUT2D eigenvalue weighted by Crippen LogP contribution is -2.37. The Morgan fingerprint density at radius 2 is 2.31 bits per heavy atom. The Morgan fingerprint density at radius 3 is 3.00 bits per heavy atom. The van der Waals surface area contributed by atoms with Crippen molar-refractivity contribution in [1.29, 1.82) is 0 Å². The van der Waals surface area contributed by atoms with Crippen LogP contribution in [0.4, 0.5) is 0 Å². The average Bonchev–Trinajstić information content (AvgIpc) is 2.46. The van der Waals surface area contributed by atoms with Gasteiger partial charge in [0.05, 0.1) is 0 Å². The van der Waals surface area contributed by atoms with Crippen molar-refractivity contribution in [2.24, 2.45) is 11.8 Å². The van der Waals surface area contributed by atoms with Crippen molar-refractivity contribution in [1.82, 2.24) is 5.32 Å². The predicted octanol–water partition coefficient (Wildman–Crippen LogP) is 0.0282. The van der Waals surface area contributed by atoms with E-state index in [2.05, 4.69) is 5.32 Å². The molecule has 2 fully saturated rings. The second-order valence-corrected chi connectivity index (χ2v) is 3.93. The molecule has 2 rings (SSSR count). The van der Waals surface area contributed by atoms with Crippen LogP contribution in [0.5, 0.6) is 0 Å². The number of aliphatic carboxylic acids is 1. The highest BCUT2D eigenvalue weighted by Gasteiger charge is 2.42. The van der Waals surface area contributed by atoms with Crippen LogP contribution < -0.4 is 5.32 Å². The van der Waals surface area contributed by atoms with E-state index in [1.54, 1.807) is 0 Å². The smallest absolute Gasteiger partial charge is 0.320 e. The van der Waals surface area contributed by atoms with E-state index >= 15 is 0 Å². The zero-order valence-corrected chi connectivity index (χ0v) is 7.32. The van der Waals surface area contributed by atoms with Gasteiger partial charge in [-0.2, -0.15) is 0 Å². The largest absolute Gasteiger partial charge is 0.480 e. The fourth-order valence-electron chi connectivity index (χ4n) is 2.47. The molecule has 2 N–H and O–H groups in total. The molecule has 1 saturated heterocycles. The molecule has 1 saturated carbocycles. The number of ketones is 1. The Morgan fingerprint density at radius 1 is 1.54 bits per heavy atom. The molecule has 3 atom stereocenters. The van der Waals surface area contributed by atoms with Gasteiger partial charge in [-0.25, -0.2) is 0 Å². The minimum Gasteiger partial charge on any atom is -0.480 e. The van der Waals surface area contributed by atoms with Crippen LogP contribution in [-0.4, -0.2) is 29.4 Å². The summed E-state index contributed by atoms with van der Waals surface area (Å²) in [5, 5.41) is 11.8. The van der Waals surface area contributed by atoms with Crippen LogP contribution in [-0.2, 0) is 9.59 Å². The number of carboxylic acids is 1. The average molecular weight is 183 g/mol. The fourth-order valence-corrected chi connectivity index (χ4v) is 2.47. The number of hydrogen-bond acceptors (Lipinski definition) is 3. The predicted molar refractivity (Wildman–Crippen MR) is 45.3 cm³/mol. The first-order valence-corrected chi connectivity index (χ1v) is 4.66. The number of fused-ring (bicyclic) bond motifs is 1. The maximum absolute atomic E-state index is 11.1. The molecule has 0 aromatic rings. The van der Waals surface area contributed by atoms with Crippen LogP contribution in [0.15, 0.2) is 0 Å². The highest BCUT2D eigenvalue weighted by Crippen LogP contribution is 2.34. The number of carbonyl (C=O) groups is 2. The molecule has 4 heteroatoms. The number of rotatable bonds is 1. The molecule has 0 spiro atoms. The van der Waals surface area contributed by atoms with Gasteiger partial charge >= 0.3 is 5.97 Å². The zero-order chi connectivity index (χ0) is 9.42. The third kappa shape index (κ3) is 1.46. The summed E-state index contributed by atoms with van der Waals surface area (Å²) in [6.07, 6.45) is 1.88. The van der Waals surface area contributed by atoms with Crippen LogP contribution in [0.25, 0.3) is 0 Å². The number of carbonyl (C=O) groups excluding carboxylic acids is 1. The van der Waals surface area contributed by atoms with Gasteiger partial charge in [-0.15, -0.1) is 0 Å². The second-order valence-electron chi connectivity index (χ2n) is 3.93. The Kier molecular flexibility index (Phi) is 2.07. The summed E-state index contributed by atoms with van der Waals surface area (Å²) < 4.78 is 0. The van der Waals surface area contributed by atoms with E-state index in [-0.39, 0.29) is 17.6 Å². The molecule has 4 nitrogen and oxygen atoms in total. The second kappa shape index (κ2) is 3.10. The lowest BCUT2D eigenvalue weighted by molar-refractivity contribution is -0.141. The van der Waals surface area contributed by atoms with Gasteiger partial charge in [0.1, 0.15) is 11.8 Å². The van der Waals surface area contributed by atoms with Crippen molar-refractivity contribution >= 4 is 11.8 Å². The van der Waals surface area contributed by atoms with Crippen molar-refractivity contribution in [3.63, 3.8) is 0 Å². The summed E-state index contributed by atoms with van der Waals surface area (Å²) in [7, 11) is 0. The number of nitrogens with one attached hydrogen (secondary N) is 1. The molecular formula is C9H13NO3. The van der Waals surface area contributed by atoms with Crippen LogP contribution in [0.2, 0.25) is 0 Å². The van der Waals surface area contributed by atoms with E-state index in [9.17, 15) is 9.59 Å². The van der Waals surface area contributed by atoms with Crippen molar-refractivity contribution in [3.8, 4) is 0 Å². The maximum Gasteiger partial charge on any atom is 0.320 e. The Balaban J connectivity index is 2.08. The van der Waals surface area contributed by atoms with E-state index in [4.69, 9.17) is 5.11 Å². The lowest BCUT2D eigenvalue weighted by atomic mass is 9.78. The van der Waals surface area contributed by atoms with E-state index in [1.807, 2.05) is 0 Å². The van der Waals surface area contributed by atoms with Crippen LogP contribution in [0, 0.1) is 11.8 Å². The first-order valence-electron chi connectivity index (χ1n) is 4.66. The topological polar surface area (TPSA) is 66.4 Å².